The first kappa shape index (κ1) is 59.2. The van der Waals surface area contributed by atoms with Crippen LogP contribution in [0.2, 0.25) is 0 Å². The number of phosphoric acid groups is 1. The molecule has 0 bridgehead atoms. The van der Waals surface area contributed by atoms with E-state index in [1.165, 1.54) is 167 Å². The molecule has 0 aliphatic heterocycles. The van der Waals surface area contributed by atoms with Gasteiger partial charge in [0.05, 0.1) is 13.2 Å². The quantitative estimate of drug-likeness (QED) is 0.0230. The minimum atomic E-state index is -4.72. The minimum absolute atomic E-state index is 0.165. The van der Waals surface area contributed by atoms with Gasteiger partial charge in [-0.25, -0.2) is 4.57 Å². The Hall–Kier alpha value is -1.78. The van der Waals surface area contributed by atoms with Crippen molar-refractivity contribution in [1.82, 2.24) is 0 Å². The van der Waals surface area contributed by atoms with Gasteiger partial charge in [-0.2, -0.15) is 0 Å². The van der Waals surface area contributed by atoms with E-state index in [1.54, 1.807) is 0 Å². The fourth-order valence-electron chi connectivity index (χ4n) is 7.30. The Balaban J connectivity index is 4.21. The van der Waals surface area contributed by atoms with E-state index in [-0.39, 0.29) is 19.4 Å². The van der Waals surface area contributed by atoms with E-state index in [0.717, 1.165) is 44.9 Å². The third-order valence-electron chi connectivity index (χ3n) is 11.3. The minimum Gasteiger partial charge on any atom is -0.480 e. The number of phosphoric ester groups is 1. The predicted molar refractivity (Wildman–Crippen MR) is 249 cm³/mol. The number of ether oxygens (including phenoxy) is 2. The molecule has 3 atom stereocenters. The predicted octanol–water partition coefficient (Wildman–Crippen LogP) is 14.0. The molecule has 0 saturated heterocycles. The first-order valence-corrected chi connectivity index (χ1v) is 26.7. The van der Waals surface area contributed by atoms with Crippen molar-refractivity contribution >= 4 is 25.7 Å². The molecule has 0 rings (SSSR count). The second-order valence-electron chi connectivity index (χ2n) is 17.3. The standard InChI is InChI=1S/C49H94NO10P/c1-3-5-7-9-11-13-15-17-19-20-21-22-23-24-25-27-29-31-33-35-37-39-41-48(52)60-45(43-58-61(55,56)59-44-46(50)49(53)54)42-57-47(51)40-38-36-34-32-30-28-26-18-16-14-12-10-8-6-4-2/h28,30,45-46H,3-27,29,31-44,50H2,1-2H3,(H,53,54)(H,55,56)/b30-28+/t45-,46-/m0/s1. The second kappa shape index (κ2) is 44.8. The molecule has 0 aromatic heterocycles. The van der Waals surface area contributed by atoms with Gasteiger partial charge in [0.15, 0.2) is 6.10 Å². The summed E-state index contributed by atoms with van der Waals surface area (Å²) >= 11 is 0. The number of rotatable bonds is 48. The van der Waals surface area contributed by atoms with E-state index in [0.29, 0.717) is 12.8 Å². The van der Waals surface area contributed by atoms with E-state index in [1.807, 2.05) is 0 Å². The smallest absolute Gasteiger partial charge is 0.472 e. The molecular formula is C49H94NO10P. The van der Waals surface area contributed by atoms with Gasteiger partial charge in [0.25, 0.3) is 0 Å². The number of hydrogen-bond donors (Lipinski definition) is 3. The Morgan fingerprint density at radius 3 is 1.21 bits per heavy atom. The second-order valence-corrected chi connectivity index (χ2v) is 18.8. The number of esters is 2. The topological polar surface area (TPSA) is 172 Å². The average molecular weight is 888 g/mol. The van der Waals surface area contributed by atoms with E-state index in [9.17, 15) is 23.8 Å². The molecule has 4 N–H and O–H groups in total. The Labute approximate surface area is 373 Å². The number of hydrogen-bond acceptors (Lipinski definition) is 9. The number of carbonyl (C=O) groups is 3. The van der Waals surface area contributed by atoms with Crippen molar-refractivity contribution in [2.24, 2.45) is 5.73 Å². The lowest BCUT2D eigenvalue weighted by molar-refractivity contribution is -0.161. The molecule has 0 saturated carbocycles. The van der Waals surface area contributed by atoms with Gasteiger partial charge < -0.3 is 25.2 Å². The summed E-state index contributed by atoms with van der Waals surface area (Å²) in [5, 5.41) is 8.91. The first-order valence-electron chi connectivity index (χ1n) is 25.2. The van der Waals surface area contributed by atoms with Crippen LogP contribution < -0.4 is 5.73 Å². The Bertz CT molecular complexity index is 1090. The summed E-state index contributed by atoms with van der Waals surface area (Å²) in [7, 11) is -4.72. The van der Waals surface area contributed by atoms with Gasteiger partial charge in [-0.05, 0) is 38.5 Å². The lowest BCUT2D eigenvalue weighted by atomic mass is 10.0. The monoisotopic (exact) mass is 888 g/mol. The maximum Gasteiger partial charge on any atom is 0.472 e. The zero-order chi connectivity index (χ0) is 44.9. The largest absolute Gasteiger partial charge is 0.480 e. The number of aliphatic carboxylic acids is 1. The van der Waals surface area contributed by atoms with Gasteiger partial charge in [-0.3, -0.25) is 23.4 Å². The lowest BCUT2D eigenvalue weighted by Crippen LogP contribution is -2.34. The lowest BCUT2D eigenvalue weighted by Gasteiger charge is -2.20. The van der Waals surface area contributed by atoms with Crippen molar-refractivity contribution in [3.8, 4) is 0 Å². The maximum absolute atomic E-state index is 12.7. The Morgan fingerprint density at radius 1 is 0.492 bits per heavy atom. The summed E-state index contributed by atoms with van der Waals surface area (Å²) in [4.78, 5) is 46.1. The van der Waals surface area contributed by atoms with Crippen LogP contribution in [-0.2, 0) is 37.5 Å². The van der Waals surface area contributed by atoms with Crippen molar-refractivity contribution in [3.05, 3.63) is 12.2 Å². The fourth-order valence-corrected chi connectivity index (χ4v) is 8.08. The fraction of sp³-hybridized carbons (Fsp3) is 0.898. The third-order valence-corrected chi connectivity index (χ3v) is 12.2. The third kappa shape index (κ3) is 44.6. The van der Waals surface area contributed by atoms with Crippen LogP contribution in [0.15, 0.2) is 12.2 Å². The summed E-state index contributed by atoms with van der Waals surface area (Å²) in [5.41, 5.74) is 5.35. The van der Waals surface area contributed by atoms with Crippen LogP contribution in [0, 0.1) is 0 Å². The number of allylic oxidation sites excluding steroid dienone is 2. The van der Waals surface area contributed by atoms with Crippen molar-refractivity contribution in [3.63, 3.8) is 0 Å². The molecular weight excluding hydrogens is 794 g/mol. The van der Waals surface area contributed by atoms with Gasteiger partial charge >= 0.3 is 25.7 Å². The highest BCUT2D eigenvalue weighted by molar-refractivity contribution is 7.47. The number of carboxylic acids is 1. The molecule has 360 valence electrons. The van der Waals surface area contributed by atoms with Crippen LogP contribution in [0.3, 0.4) is 0 Å². The van der Waals surface area contributed by atoms with Crippen LogP contribution >= 0.6 is 7.82 Å². The van der Waals surface area contributed by atoms with Gasteiger partial charge in [-0.15, -0.1) is 0 Å². The molecule has 61 heavy (non-hydrogen) atoms. The van der Waals surface area contributed by atoms with Crippen molar-refractivity contribution < 1.29 is 47.5 Å². The molecule has 0 aromatic carbocycles. The summed E-state index contributed by atoms with van der Waals surface area (Å²) in [6, 6.07) is -1.52. The van der Waals surface area contributed by atoms with Crippen molar-refractivity contribution in [1.29, 1.82) is 0 Å². The molecule has 12 heteroatoms. The number of unbranched alkanes of at least 4 members (excludes halogenated alkanes) is 32. The Morgan fingerprint density at radius 2 is 0.820 bits per heavy atom. The van der Waals surface area contributed by atoms with E-state index in [2.05, 4.69) is 30.5 Å². The molecule has 1 unspecified atom stereocenters. The number of nitrogens with two attached hydrogens (primary N) is 1. The highest BCUT2D eigenvalue weighted by Crippen LogP contribution is 2.43. The summed E-state index contributed by atoms with van der Waals surface area (Å²) in [6.45, 7) is 2.83. The van der Waals surface area contributed by atoms with Crippen LogP contribution in [0.5, 0.6) is 0 Å². The molecule has 0 spiro atoms. The van der Waals surface area contributed by atoms with E-state index < -0.39 is 51.1 Å². The molecule has 0 aliphatic carbocycles. The summed E-state index contributed by atoms with van der Waals surface area (Å²) in [5.74, 6) is -2.38. The highest BCUT2D eigenvalue weighted by Gasteiger charge is 2.28. The molecule has 0 aliphatic rings. The van der Waals surface area contributed by atoms with E-state index >= 15 is 0 Å². The van der Waals surface area contributed by atoms with Crippen LogP contribution in [0.4, 0.5) is 0 Å². The summed E-state index contributed by atoms with van der Waals surface area (Å²) < 4.78 is 32.8. The summed E-state index contributed by atoms with van der Waals surface area (Å²) in [6.07, 6.45) is 47.1. The molecule has 0 fully saturated rings. The normalized spacial score (nSPS) is 13.6. The Kier molecular flexibility index (Phi) is 43.5. The zero-order valence-electron chi connectivity index (χ0n) is 39.3. The molecule has 0 heterocycles. The van der Waals surface area contributed by atoms with Crippen molar-refractivity contribution in [2.75, 3.05) is 19.8 Å². The van der Waals surface area contributed by atoms with Gasteiger partial charge in [0.2, 0.25) is 0 Å². The van der Waals surface area contributed by atoms with Crippen LogP contribution in [0.25, 0.3) is 0 Å². The molecule has 0 radical (unpaired) electrons. The van der Waals surface area contributed by atoms with Gasteiger partial charge in [0.1, 0.15) is 12.6 Å². The van der Waals surface area contributed by atoms with Crippen LogP contribution in [0.1, 0.15) is 251 Å². The number of carboxylic acid groups (broad SMARTS) is 1. The van der Waals surface area contributed by atoms with Crippen LogP contribution in [-0.4, -0.2) is 59.9 Å². The highest BCUT2D eigenvalue weighted by atomic mass is 31.2. The van der Waals surface area contributed by atoms with Gasteiger partial charge in [0, 0.05) is 12.8 Å². The average Bonchev–Trinajstić information content (AvgIpc) is 3.24. The first-order chi connectivity index (χ1) is 29.6. The van der Waals surface area contributed by atoms with Crippen molar-refractivity contribution in [2.45, 2.75) is 264 Å². The number of carbonyl (C=O) groups excluding carboxylic acids is 2. The van der Waals surface area contributed by atoms with Gasteiger partial charge in [-0.1, -0.05) is 212 Å². The SMILES string of the molecule is CCCCCCCCCC/C=C/CCCCCC(=O)OC[C@@H](COP(=O)(O)OC[C@H](N)C(=O)O)OC(=O)CCCCCCCCCCCCCCCCCCCCCCCC. The van der Waals surface area contributed by atoms with E-state index in [4.69, 9.17) is 24.8 Å². The molecule has 11 nitrogen and oxygen atoms in total. The molecule has 0 amide bonds. The zero-order valence-corrected chi connectivity index (χ0v) is 40.2. The maximum atomic E-state index is 12.7. The molecule has 0 aromatic rings.